The van der Waals surface area contributed by atoms with Crippen molar-refractivity contribution in [2.45, 2.75) is 51.7 Å². The molecule has 9 nitrogen and oxygen atoms in total. The number of anilines is 1. The Morgan fingerprint density at radius 3 is 2.69 bits per heavy atom. The number of nitrogens with one attached hydrogen (secondary N) is 2. The molecule has 0 unspecified atom stereocenters. The normalized spacial score (nSPS) is 19.8. The molecule has 9 heteroatoms. The molecule has 1 aliphatic rings. The number of nitro groups is 1. The molecule has 2 rings (SSSR count). The second kappa shape index (κ2) is 10.8. The first kappa shape index (κ1) is 22.6. The average molecular weight is 407 g/mol. The molecule has 0 saturated heterocycles. The van der Waals surface area contributed by atoms with Gasteiger partial charge in [0.25, 0.3) is 11.6 Å². The van der Waals surface area contributed by atoms with Crippen LogP contribution in [0, 0.1) is 16.0 Å². The summed E-state index contributed by atoms with van der Waals surface area (Å²) in [7, 11) is 1.53. The molecule has 0 heterocycles. The van der Waals surface area contributed by atoms with E-state index >= 15 is 0 Å². The molecule has 1 amide bonds. The number of carbonyl (C=O) groups excluding carboxylic acids is 2. The van der Waals surface area contributed by atoms with Crippen LogP contribution in [0.4, 0.5) is 11.4 Å². The molecule has 1 aromatic rings. The zero-order chi connectivity index (χ0) is 21.4. The summed E-state index contributed by atoms with van der Waals surface area (Å²) in [4.78, 5) is 35.5. The third kappa shape index (κ3) is 6.42. The molecule has 160 valence electrons. The van der Waals surface area contributed by atoms with E-state index in [9.17, 15) is 19.7 Å². The SMILES string of the molecule is COCCNc1ccc(C(=O)O[C@H](C)C(=O)N[C@H]2CCCC[C@@H]2C)cc1[N+](=O)[O-]. The smallest absolute Gasteiger partial charge is 0.339 e. The molecule has 0 aromatic heterocycles. The molecule has 0 radical (unpaired) electrons. The number of esters is 1. The Bertz CT molecular complexity index is 739. The Morgan fingerprint density at radius 2 is 2.03 bits per heavy atom. The number of hydrogen-bond acceptors (Lipinski definition) is 7. The highest BCUT2D eigenvalue weighted by Gasteiger charge is 2.27. The number of amides is 1. The molecular weight excluding hydrogens is 378 g/mol. The third-order valence-electron chi connectivity index (χ3n) is 5.14. The Hall–Kier alpha value is -2.68. The fourth-order valence-electron chi connectivity index (χ4n) is 3.36. The quantitative estimate of drug-likeness (QED) is 0.279. The van der Waals surface area contributed by atoms with Crippen molar-refractivity contribution < 1.29 is 24.0 Å². The van der Waals surface area contributed by atoms with Crippen LogP contribution in [0.1, 0.15) is 49.9 Å². The van der Waals surface area contributed by atoms with Gasteiger partial charge in [0.1, 0.15) is 5.69 Å². The third-order valence-corrected chi connectivity index (χ3v) is 5.14. The van der Waals surface area contributed by atoms with Gasteiger partial charge in [-0.2, -0.15) is 0 Å². The van der Waals surface area contributed by atoms with Gasteiger partial charge in [0, 0.05) is 25.8 Å². The van der Waals surface area contributed by atoms with Crippen molar-refractivity contribution in [2.75, 3.05) is 25.6 Å². The number of rotatable bonds is 9. The molecule has 0 bridgehead atoms. The fourth-order valence-corrected chi connectivity index (χ4v) is 3.36. The van der Waals surface area contributed by atoms with Crippen molar-refractivity contribution in [3.63, 3.8) is 0 Å². The lowest BCUT2D eigenvalue weighted by molar-refractivity contribution is -0.384. The molecular formula is C20H29N3O6. The van der Waals surface area contributed by atoms with Gasteiger partial charge in [-0.25, -0.2) is 4.79 Å². The number of nitrogens with zero attached hydrogens (tertiary/aromatic N) is 1. The van der Waals surface area contributed by atoms with Crippen LogP contribution in [-0.4, -0.2) is 49.2 Å². The minimum atomic E-state index is -0.991. The Morgan fingerprint density at radius 1 is 1.31 bits per heavy atom. The molecule has 1 aliphatic carbocycles. The first-order valence-electron chi connectivity index (χ1n) is 9.86. The lowest BCUT2D eigenvalue weighted by Crippen LogP contribution is -2.45. The van der Waals surface area contributed by atoms with Gasteiger partial charge in [0.2, 0.25) is 0 Å². The Labute approximate surface area is 170 Å². The largest absolute Gasteiger partial charge is 0.449 e. The molecule has 29 heavy (non-hydrogen) atoms. The summed E-state index contributed by atoms with van der Waals surface area (Å²) in [6.07, 6.45) is 3.21. The van der Waals surface area contributed by atoms with Gasteiger partial charge in [-0.3, -0.25) is 14.9 Å². The van der Waals surface area contributed by atoms with E-state index in [-0.39, 0.29) is 28.9 Å². The first-order chi connectivity index (χ1) is 13.8. The maximum absolute atomic E-state index is 12.4. The van der Waals surface area contributed by atoms with Crippen molar-refractivity contribution in [2.24, 2.45) is 5.92 Å². The minimum absolute atomic E-state index is 0.0136. The standard InChI is InChI=1S/C20H29N3O6/c1-13-6-4-5-7-16(13)22-19(24)14(2)29-20(25)15-8-9-17(21-10-11-28-3)18(12-15)23(26)27/h8-9,12-14,16,21H,4-7,10-11H2,1-3H3,(H,22,24)/t13-,14+,16-/m0/s1. The molecule has 3 atom stereocenters. The Balaban J connectivity index is 2.00. The predicted octanol–water partition coefficient (Wildman–Crippen LogP) is 2.89. The molecule has 0 spiro atoms. The maximum Gasteiger partial charge on any atom is 0.339 e. The van der Waals surface area contributed by atoms with Gasteiger partial charge >= 0.3 is 5.97 Å². The van der Waals surface area contributed by atoms with Crippen molar-refractivity contribution in [3.8, 4) is 0 Å². The lowest BCUT2D eigenvalue weighted by atomic mass is 9.86. The van der Waals surface area contributed by atoms with Gasteiger partial charge < -0.3 is 20.1 Å². The van der Waals surface area contributed by atoms with E-state index in [1.165, 1.54) is 26.2 Å². The molecule has 0 aliphatic heterocycles. The fraction of sp³-hybridized carbons (Fsp3) is 0.600. The zero-order valence-corrected chi connectivity index (χ0v) is 17.1. The van der Waals surface area contributed by atoms with Crippen LogP contribution in [0.25, 0.3) is 0 Å². The van der Waals surface area contributed by atoms with E-state index in [2.05, 4.69) is 17.6 Å². The first-order valence-corrected chi connectivity index (χ1v) is 9.86. The van der Waals surface area contributed by atoms with Gasteiger partial charge in [-0.1, -0.05) is 19.8 Å². The number of methoxy groups -OCH3 is 1. The van der Waals surface area contributed by atoms with Crippen LogP contribution >= 0.6 is 0 Å². The molecule has 1 aromatic carbocycles. The second-order valence-electron chi connectivity index (χ2n) is 7.33. The highest BCUT2D eigenvalue weighted by atomic mass is 16.6. The minimum Gasteiger partial charge on any atom is -0.449 e. The van der Waals surface area contributed by atoms with E-state index in [4.69, 9.17) is 9.47 Å². The summed E-state index contributed by atoms with van der Waals surface area (Å²) in [5.74, 6) is -0.753. The summed E-state index contributed by atoms with van der Waals surface area (Å²) in [6, 6.07) is 4.10. The summed E-state index contributed by atoms with van der Waals surface area (Å²) < 4.78 is 10.1. The monoisotopic (exact) mass is 407 g/mol. The number of carbonyl (C=O) groups is 2. The van der Waals surface area contributed by atoms with E-state index in [0.29, 0.717) is 19.1 Å². The van der Waals surface area contributed by atoms with Crippen molar-refractivity contribution in [1.82, 2.24) is 5.32 Å². The Kier molecular flexibility index (Phi) is 8.38. The highest BCUT2D eigenvalue weighted by Crippen LogP contribution is 2.26. The molecule has 1 fully saturated rings. The number of nitro benzene ring substituents is 1. The van der Waals surface area contributed by atoms with Crippen LogP contribution in [-0.2, 0) is 14.3 Å². The summed E-state index contributed by atoms with van der Waals surface area (Å²) in [6.45, 7) is 4.36. The predicted molar refractivity (Wildman–Crippen MR) is 108 cm³/mol. The van der Waals surface area contributed by atoms with Crippen LogP contribution in [0.15, 0.2) is 18.2 Å². The van der Waals surface area contributed by atoms with E-state index in [0.717, 1.165) is 31.7 Å². The van der Waals surface area contributed by atoms with Crippen molar-refractivity contribution in [1.29, 1.82) is 0 Å². The van der Waals surface area contributed by atoms with Crippen LogP contribution in [0.2, 0.25) is 0 Å². The summed E-state index contributed by atoms with van der Waals surface area (Å²) >= 11 is 0. The van der Waals surface area contributed by atoms with Gasteiger partial charge in [0.15, 0.2) is 6.10 Å². The second-order valence-corrected chi connectivity index (χ2v) is 7.33. The van der Waals surface area contributed by atoms with Gasteiger partial charge in [-0.15, -0.1) is 0 Å². The van der Waals surface area contributed by atoms with Gasteiger partial charge in [-0.05, 0) is 37.8 Å². The van der Waals surface area contributed by atoms with E-state index < -0.39 is 17.0 Å². The highest BCUT2D eigenvalue weighted by molar-refractivity contribution is 5.93. The van der Waals surface area contributed by atoms with Crippen molar-refractivity contribution in [3.05, 3.63) is 33.9 Å². The number of benzene rings is 1. The van der Waals surface area contributed by atoms with Gasteiger partial charge in [0.05, 0.1) is 17.1 Å². The van der Waals surface area contributed by atoms with E-state index in [1.807, 2.05) is 0 Å². The summed E-state index contributed by atoms with van der Waals surface area (Å²) in [5, 5.41) is 17.2. The average Bonchev–Trinajstić information content (AvgIpc) is 2.69. The zero-order valence-electron chi connectivity index (χ0n) is 17.1. The molecule has 1 saturated carbocycles. The van der Waals surface area contributed by atoms with Crippen molar-refractivity contribution >= 4 is 23.3 Å². The van der Waals surface area contributed by atoms with Crippen LogP contribution < -0.4 is 10.6 Å². The maximum atomic E-state index is 12.4. The number of hydrogen-bond donors (Lipinski definition) is 2. The topological polar surface area (TPSA) is 120 Å². The van der Waals surface area contributed by atoms with Crippen LogP contribution in [0.5, 0.6) is 0 Å². The summed E-state index contributed by atoms with van der Waals surface area (Å²) in [5.41, 5.74) is 0.0454. The van der Waals surface area contributed by atoms with Crippen LogP contribution in [0.3, 0.4) is 0 Å². The lowest BCUT2D eigenvalue weighted by Gasteiger charge is -2.30. The number of ether oxygens (including phenoxy) is 2. The molecule has 2 N–H and O–H groups in total. The van der Waals surface area contributed by atoms with E-state index in [1.54, 1.807) is 0 Å².